The summed E-state index contributed by atoms with van der Waals surface area (Å²) in [7, 11) is 1.16. The van der Waals surface area contributed by atoms with Crippen molar-refractivity contribution in [2.24, 2.45) is 5.92 Å². The number of hydrogen-bond donors (Lipinski definition) is 2. The number of amides is 2. The molecule has 2 atom stereocenters. The Morgan fingerprint density at radius 1 is 1.19 bits per heavy atom. The normalized spacial score (nSPS) is 17.0. The highest BCUT2D eigenvalue weighted by Crippen LogP contribution is 2.44. The second kappa shape index (κ2) is 12.9. The lowest BCUT2D eigenvalue weighted by Crippen LogP contribution is -2.44. The van der Waals surface area contributed by atoms with Gasteiger partial charge in [0.15, 0.2) is 5.75 Å². The summed E-state index contributed by atoms with van der Waals surface area (Å²) in [6, 6.07) is 12.8. The molecule has 0 saturated heterocycles. The lowest BCUT2D eigenvalue weighted by Gasteiger charge is -2.31. The first-order chi connectivity index (χ1) is 17.7. The molecule has 194 valence electrons. The van der Waals surface area contributed by atoms with Gasteiger partial charge in [-0.2, -0.15) is 5.26 Å². The van der Waals surface area contributed by atoms with Crippen molar-refractivity contribution in [3.8, 4) is 11.8 Å². The van der Waals surface area contributed by atoms with Crippen LogP contribution in [0.25, 0.3) is 0 Å². The first-order valence-corrected chi connectivity index (χ1v) is 13.0. The van der Waals surface area contributed by atoms with E-state index in [4.69, 9.17) is 32.7 Å². The molecular weight excluding hydrogens is 537 g/mol. The number of hydrogen-bond acceptors (Lipinski definition) is 7. The molecule has 3 rings (SSSR count). The minimum absolute atomic E-state index is 0.0624. The summed E-state index contributed by atoms with van der Waals surface area (Å²) in [6.07, 6.45) is 0. The molecule has 2 aromatic carbocycles. The number of carbonyl (C=O) groups excluding carboxylic acids is 3. The van der Waals surface area contributed by atoms with E-state index in [1.165, 1.54) is 12.1 Å². The van der Waals surface area contributed by atoms with Crippen LogP contribution in [0.4, 0.5) is 0 Å². The predicted molar refractivity (Wildman–Crippen MR) is 142 cm³/mol. The molecule has 2 N–H and O–H groups in total. The van der Waals surface area contributed by atoms with Gasteiger partial charge < -0.3 is 20.1 Å². The van der Waals surface area contributed by atoms with Gasteiger partial charge >= 0.3 is 5.97 Å². The summed E-state index contributed by atoms with van der Waals surface area (Å²) < 4.78 is 10.3. The zero-order chi connectivity index (χ0) is 27.1. The van der Waals surface area contributed by atoms with Crippen LogP contribution in [0.3, 0.4) is 0 Å². The minimum atomic E-state index is -1.36. The zero-order valence-electron chi connectivity index (χ0n) is 20.4. The maximum Gasteiger partial charge on any atom is 0.319 e. The largest absolute Gasteiger partial charge is 0.491 e. The molecule has 1 heterocycles. The number of nitriles is 1. The Labute approximate surface area is 229 Å². The molecule has 0 unspecified atom stereocenters. The first-order valence-electron chi connectivity index (χ1n) is 11.3. The fraction of sp³-hybridized carbons (Fsp3) is 0.308. The number of nitrogens with zero attached hydrogens (tertiary/aromatic N) is 1. The summed E-state index contributed by atoms with van der Waals surface area (Å²) >= 11 is 13.7. The van der Waals surface area contributed by atoms with Gasteiger partial charge in [0.05, 0.1) is 46.2 Å². The van der Waals surface area contributed by atoms with E-state index in [9.17, 15) is 19.6 Å². The third kappa shape index (κ3) is 6.77. The maximum absolute atomic E-state index is 13.0. The number of rotatable bonds is 9. The molecule has 0 fully saturated rings. The van der Waals surface area contributed by atoms with Crippen LogP contribution >= 0.6 is 35.0 Å². The lowest BCUT2D eigenvalue weighted by molar-refractivity contribution is -0.150. The third-order valence-electron chi connectivity index (χ3n) is 5.61. The Morgan fingerprint density at radius 2 is 1.84 bits per heavy atom. The standard InChI is InChI=1S/C26H25Cl2N3O5S/c1-4-36-23-18(27)9-16(10-19(23)28)21-17(11-29)25(31-24(33)22(21)26(34)35-3)37-13-20(32)30-12-15-7-5-14(2)6-8-15/h5-10,21-22H,4,12-13H2,1-3H3,(H,30,32)(H,31,33)/t21-,22+/m1/s1. The van der Waals surface area contributed by atoms with Crippen LogP contribution in [0, 0.1) is 24.2 Å². The van der Waals surface area contributed by atoms with E-state index in [0.717, 1.165) is 30.0 Å². The summed E-state index contributed by atoms with van der Waals surface area (Å²) in [6.45, 7) is 4.42. The Balaban J connectivity index is 1.89. The smallest absolute Gasteiger partial charge is 0.319 e. The molecule has 2 aromatic rings. The van der Waals surface area contributed by atoms with Crippen molar-refractivity contribution in [3.05, 3.63) is 73.7 Å². The fourth-order valence-corrected chi connectivity index (χ4v) is 5.31. The van der Waals surface area contributed by atoms with Crippen LogP contribution in [-0.2, 0) is 25.7 Å². The number of halogens is 2. The molecular formula is C26H25Cl2N3O5S. The fourth-order valence-electron chi connectivity index (χ4n) is 3.82. The monoisotopic (exact) mass is 561 g/mol. The van der Waals surface area contributed by atoms with Gasteiger partial charge in [0.25, 0.3) is 0 Å². The number of thioether (sulfide) groups is 1. The van der Waals surface area contributed by atoms with Gasteiger partial charge in [-0.15, -0.1) is 0 Å². The molecule has 8 nitrogen and oxygen atoms in total. The van der Waals surface area contributed by atoms with Crippen molar-refractivity contribution in [3.63, 3.8) is 0 Å². The van der Waals surface area contributed by atoms with Crippen molar-refractivity contribution >= 4 is 52.7 Å². The van der Waals surface area contributed by atoms with Crippen molar-refractivity contribution in [2.45, 2.75) is 26.3 Å². The van der Waals surface area contributed by atoms with E-state index >= 15 is 0 Å². The van der Waals surface area contributed by atoms with E-state index < -0.39 is 23.7 Å². The number of allylic oxidation sites excluding steroid dienone is 1. The molecule has 37 heavy (non-hydrogen) atoms. The van der Waals surface area contributed by atoms with E-state index in [1.807, 2.05) is 31.2 Å². The quantitative estimate of drug-likeness (QED) is 0.342. The van der Waals surface area contributed by atoms with E-state index in [-0.39, 0.29) is 38.1 Å². The van der Waals surface area contributed by atoms with Gasteiger partial charge in [0.1, 0.15) is 5.92 Å². The molecule has 1 aliphatic heterocycles. The van der Waals surface area contributed by atoms with Crippen molar-refractivity contribution in [2.75, 3.05) is 19.5 Å². The highest BCUT2D eigenvalue weighted by Gasteiger charge is 2.44. The zero-order valence-corrected chi connectivity index (χ0v) is 22.7. The third-order valence-corrected chi connectivity index (χ3v) is 7.19. The maximum atomic E-state index is 13.0. The highest BCUT2D eigenvalue weighted by atomic mass is 35.5. The second-order valence-electron chi connectivity index (χ2n) is 8.12. The van der Waals surface area contributed by atoms with E-state index in [2.05, 4.69) is 16.7 Å². The summed E-state index contributed by atoms with van der Waals surface area (Å²) in [5.74, 6) is -3.97. The molecule has 0 saturated carbocycles. The summed E-state index contributed by atoms with van der Waals surface area (Å²) in [4.78, 5) is 38.1. The molecule has 0 aliphatic carbocycles. The van der Waals surface area contributed by atoms with Crippen LogP contribution in [-0.4, -0.2) is 37.3 Å². The Hall–Kier alpha value is -3.19. The summed E-state index contributed by atoms with van der Waals surface area (Å²) in [5, 5.41) is 16.0. The van der Waals surface area contributed by atoms with Crippen molar-refractivity contribution in [1.82, 2.24) is 10.6 Å². The SMILES string of the molecule is CCOc1c(Cl)cc([C@@H]2C(C#N)=C(SCC(=O)NCc3ccc(C)cc3)NC(=O)[C@H]2C(=O)OC)cc1Cl. The highest BCUT2D eigenvalue weighted by molar-refractivity contribution is 8.03. The van der Waals surface area contributed by atoms with Crippen LogP contribution in [0.5, 0.6) is 5.75 Å². The molecule has 0 radical (unpaired) electrons. The van der Waals surface area contributed by atoms with Crippen molar-refractivity contribution < 1.29 is 23.9 Å². The molecule has 11 heteroatoms. The van der Waals surface area contributed by atoms with Crippen LogP contribution in [0.2, 0.25) is 10.0 Å². The van der Waals surface area contributed by atoms with Crippen LogP contribution < -0.4 is 15.4 Å². The van der Waals surface area contributed by atoms with Crippen molar-refractivity contribution in [1.29, 1.82) is 5.26 Å². The molecule has 0 bridgehead atoms. The predicted octanol–water partition coefficient (Wildman–Crippen LogP) is 4.49. The first kappa shape index (κ1) is 28.4. The van der Waals surface area contributed by atoms with E-state index in [1.54, 1.807) is 6.92 Å². The topological polar surface area (TPSA) is 118 Å². The van der Waals surface area contributed by atoms with Gasteiger partial charge in [0, 0.05) is 12.5 Å². The number of carbonyl (C=O) groups is 3. The number of methoxy groups -OCH3 is 1. The Bertz CT molecular complexity index is 1250. The Morgan fingerprint density at radius 3 is 2.41 bits per heavy atom. The molecule has 0 aromatic heterocycles. The average Bonchev–Trinajstić information content (AvgIpc) is 2.88. The lowest BCUT2D eigenvalue weighted by atomic mass is 9.78. The van der Waals surface area contributed by atoms with Gasteiger partial charge in [-0.3, -0.25) is 14.4 Å². The number of esters is 1. The number of aryl methyl sites for hydroxylation is 1. The van der Waals surface area contributed by atoms with E-state index in [0.29, 0.717) is 18.7 Å². The van der Waals surface area contributed by atoms with Gasteiger partial charge in [-0.25, -0.2) is 0 Å². The second-order valence-corrected chi connectivity index (χ2v) is 9.92. The minimum Gasteiger partial charge on any atom is -0.491 e. The Kier molecular flexibility index (Phi) is 9.86. The van der Waals surface area contributed by atoms with Crippen LogP contribution in [0.15, 0.2) is 47.0 Å². The van der Waals surface area contributed by atoms with Gasteiger partial charge in [-0.05, 0) is 37.1 Å². The molecule has 1 aliphatic rings. The average molecular weight is 562 g/mol. The number of nitrogens with one attached hydrogen (secondary N) is 2. The van der Waals surface area contributed by atoms with Crippen LogP contribution in [0.1, 0.15) is 29.5 Å². The van der Waals surface area contributed by atoms with Gasteiger partial charge in [-0.1, -0.05) is 64.8 Å². The number of ether oxygens (including phenoxy) is 2. The number of benzene rings is 2. The molecule has 0 spiro atoms. The summed E-state index contributed by atoms with van der Waals surface area (Å²) in [5.41, 5.74) is 2.51. The molecule has 2 amide bonds. The van der Waals surface area contributed by atoms with Gasteiger partial charge in [0.2, 0.25) is 11.8 Å².